The van der Waals surface area contributed by atoms with E-state index in [0.717, 1.165) is 24.3 Å². The molecule has 15 heavy (non-hydrogen) atoms. The van der Waals surface area contributed by atoms with Crippen LogP contribution in [0.4, 0.5) is 5.82 Å². The number of aliphatic carboxylic acids is 1. The summed E-state index contributed by atoms with van der Waals surface area (Å²) in [6.07, 6.45) is 3.27. The normalized spacial score (nSPS) is 14.1. The van der Waals surface area contributed by atoms with E-state index in [4.69, 9.17) is 5.11 Å². The fourth-order valence-electron chi connectivity index (χ4n) is 1.67. The largest absolute Gasteiger partial charge is 0.481 e. The molecular formula is C10H13N3O2. The molecule has 0 saturated carbocycles. The summed E-state index contributed by atoms with van der Waals surface area (Å²) < 4.78 is 0. The Labute approximate surface area is 87.8 Å². The Kier molecular flexibility index (Phi) is 2.53. The minimum Gasteiger partial charge on any atom is -0.481 e. The lowest BCUT2D eigenvalue weighted by Gasteiger charge is -2.10. The minimum atomic E-state index is -0.813. The summed E-state index contributed by atoms with van der Waals surface area (Å²) in [6.45, 7) is 0.965. The highest BCUT2D eigenvalue weighted by molar-refractivity contribution is 5.66. The zero-order valence-electron chi connectivity index (χ0n) is 8.60. The Morgan fingerprint density at radius 1 is 1.67 bits per heavy atom. The van der Waals surface area contributed by atoms with Crippen molar-refractivity contribution in [2.45, 2.75) is 19.3 Å². The lowest BCUT2D eigenvalue weighted by molar-refractivity contribution is -0.137. The van der Waals surface area contributed by atoms with Crippen molar-refractivity contribution >= 4 is 11.8 Å². The molecule has 2 heterocycles. The first-order chi connectivity index (χ1) is 7.16. The van der Waals surface area contributed by atoms with Gasteiger partial charge < -0.3 is 10.0 Å². The summed E-state index contributed by atoms with van der Waals surface area (Å²) >= 11 is 0. The van der Waals surface area contributed by atoms with Gasteiger partial charge in [-0.1, -0.05) is 0 Å². The molecule has 80 valence electrons. The highest BCUT2D eigenvalue weighted by Gasteiger charge is 2.18. The van der Waals surface area contributed by atoms with Crippen LogP contribution < -0.4 is 4.90 Å². The molecule has 0 unspecified atom stereocenters. The van der Waals surface area contributed by atoms with Crippen molar-refractivity contribution in [2.75, 3.05) is 18.5 Å². The Hall–Kier alpha value is -1.65. The predicted octanol–water partition coefficient (Wildman–Crippen LogP) is 0.486. The molecule has 0 spiro atoms. The second-order valence-electron chi connectivity index (χ2n) is 3.70. The van der Waals surface area contributed by atoms with Gasteiger partial charge in [0.1, 0.15) is 11.6 Å². The van der Waals surface area contributed by atoms with E-state index in [1.807, 2.05) is 13.2 Å². The first kappa shape index (κ1) is 9.89. The van der Waals surface area contributed by atoms with E-state index in [0.29, 0.717) is 12.2 Å². The molecule has 0 saturated heterocycles. The monoisotopic (exact) mass is 207 g/mol. The molecule has 2 rings (SSSR count). The molecule has 0 atom stereocenters. The van der Waals surface area contributed by atoms with Gasteiger partial charge in [-0.05, 0) is 6.42 Å². The lowest BCUT2D eigenvalue weighted by atomic mass is 10.2. The van der Waals surface area contributed by atoms with Crippen LogP contribution in [-0.2, 0) is 17.6 Å². The zero-order valence-corrected chi connectivity index (χ0v) is 8.60. The van der Waals surface area contributed by atoms with E-state index in [9.17, 15) is 4.79 Å². The van der Waals surface area contributed by atoms with Gasteiger partial charge in [0.2, 0.25) is 0 Å². The summed E-state index contributed by atoms with van der Waals surface area (Å²) in [5.74, 6) is 0.753. The third-order valence-corrected chi connectivity index (χ3v) is 2.53. The second kappa shape index (κ2) is 3.84. The number of fused-ring (bicyclic) bond motifs is 1. The maximum Gasteiger partial charge on any atom is 0.303 e. The van der Waals surface area contributed by atoms with Crippen LogP contribution in [0.5, 0.6) is 0 Å². The maximum atomic E-state index is 10.4. The maximum absolute atomic E-state index is 10.4. The highest BCUT2D eigenvalue weighted by atomic mass is 16.4. The standard InChI is InChI=1S/C10H13N3O2/c1-13-5-4-7-6-11-8(12-10(7)13)2-3-9(14)15/h6H,2-5H2,1H3,(H,14,15). The molecule has 1 aliphatic heterocycles. The highest BCUT2D eigenvalue weighted by Crippen LogP contribution is 2.23. The number of rotatable bonds is 3. The Bertz CT molecular complexity index is 392. The van der Waals surface area contributed by atoms with Gasteiger partial charge in [0.15, 0.2) is 0 Å². The molecular weight excluding hydrogens is 194 g/mol. The Morgan fingerprint density at radius 2 is 2.47 bits per heavy atom. The molecule has 0 fully saturated rings. The van der Waals surface area contributed by atoms with Gasteiger partial charge >= 0.3 is 5.97 Å². The number of likely N-dealkylation sites (N-methyl/N-ethyl adjacent to an activating group) is 1. The third kappa shape index (κ3) is 2.06. The lowest BCUT2D eigenvalue weighted by Crippen LogP contribution is -2.14. The molecule has 5 heteroatoms. The van der Waals surface area contributed by atoms with Crippen LogP contribution in [0.2, 0.25) is 0 Å². The van der Waals surface area contributed by atoms with Crippen LogP contribution in [0.3, 0.4) is 0 Å². The Balaban J connectivity index is 2.14. The number of anilines is 1. The van der Waals surface area contributed by atoms with Crippen LogP contribution in [-0.4, -0.2) is 34.6 Å². The van der Waals surface area contributed by atoms with Crippen molar-refractivity contribution in [1.82, 2.24) is 9.97 Å². The van der Waals surface area contributed by atoms with Crippen molar-refractivity contribution in [2.24, 2.45) is 0 Å². The van der Waals surface area contributed by atoms with Crippen molar-refractivity contribution in [3.63, 3.8) is 0 Å². The van der Waals surface area contributed by atoms with Gasteiger partial charge in [0.05, 0.1) is 6.42 Å². The number of nitrogens with zero attached hydrogens (tertiary/aromatic N) is 3. The summed E-state index contributed by atoms with van der Waals surface area (Å²) in [7, 11) is 1.99. The minimum absolute atomic E-state index is 0.0858. The number of aryl methyl sites for hydroxylation is 1. The van der Waals surface area contributed by atoms with Gasteiger partial charge in [-0.15, -0.1) is 0 Å². The zero-order chi connectivity index (χ0) is 10.8. The van der Waals surface area contributed by atoms with Crippen molar-refractivity contribution in [3.05, 3.63) is 17.6 Å². The number of hydrogen-bond acceptors (Lipinski definition) is 4. The van der Waals surface area contributed by atoms with Crippen LogP contribution in [0, 0.1) is 0 Å². The number of aromatic nitrogens is 2. The SMILES string of the molecule is CN1CCc2cnc(CCC(=O)O)nc21. The van der Waals surface area contributed by atoms with Gasteiger partial charge in [-0.25, -0.2) is 9.97 Å². The topological polar surface area (TPSA) is 66.3 Å². The number of carboxylic acid groups (broad SMARTS) is 1. The van der Waals surface area contributed by atoms with Crippen LogP contribution >= 0.6 is 0 Å². The molecule has 1 aromatic rings. The van der Waals surface area contributed by atoms with E-state index >= 15 is 0 Å². The number of carbonyl (C=O) groups is 1. The number of hydrogen-bond donors (Lipinski definition) is 1. The third-order valence-electron chi connectivity index (χ3n) is 2.53. The van der Waals surface area contributed by atoms with Gasteiger partial charge in [-0.2, -0.15) is 0 Å². The smallest absolute Gasteiger partial charge is 0.303 e. The van der Waals surface area contributed by atoms with E-state index in [1.165, 1.54) is 0 Å². The predicted molar refractivity (Wildman–Crippen MR) is 55.0 cm³/mol. The van der Waals surface area contributed by atoms with Crippen molar-refractivity contribution in [1.29, 1.82) is 0 Å². The summed E-state index contributed by atoms with van der Waals surface area (Å²) in [4.78, 5) is 21.0. The van der Waals surface area contributed by atoms with E-state index in [-0.39, 0.29) is 6.42 Å². The quantitative estimate of drug-likeness (QED) is 0.781. The van der Waals surface area contributed by atoms with E-state index < -0.39 is 5.97 Å². The van der Waals surface area contributed by atoms with E-state index in [1.54, 1.807) is 0 Å². The molecule has 1 aromatic heterocycles. The fraction of sp³-hybridized carbons (Fsp3) is 0.500. The van der Waals surface area contributed by atoms with Gasteiger partial charge in [0, 0.05) is 31.8 Å². The fourth-order valence-corrected chi connectivity index (χ4v) is 1.67. The molecule has 1 N–H and O–H groups in total. The first-order valence-corrected chi connectivity index (χ1v) is 4.94. The van der Waals surface area contributed by atoms with Crippen molar-refractivity contribution < 1.29 is 9.90 Å². The van der Waals surface area contributed by atoms with Gasteiger partial charge in [0.25, 0.3) is 0 Å². The van der Waals surface area contributed by atoms with Crippen LogP contribution in [0.25, 0.3) is 0 Å². The average molecular weight is 207 g/mol. The molecule has 0 aliphatic carbocycles. The van der Waals surface area contributed by atoms with Crippen LogP contribution in [0.1, 0.15) is 17.8 Å². The molecule has 5 nitrogen and oxygen atoms in total. The first-order valence-electron chi connectivity index (χ1n) is 4.94. The summed E-state index contributed by atoms with van der Waals surface area (Å²) in [5, 5.41) is 8.55. The molecule has 0 amide bonds. The van der Waals surface area contributed by atoms with Crippen molar-refractivity contribution in [3.8, 4) is 0 Å². The molecule has 0 bridgehead atoms. The number of carboxylic acids is 1. The second-order valence-corrected chi connectivity index (χ2v) is 3.70. The summed E-state index contributed by atoms with van der Waals surface area (Å²) in [5.41, 5.74) is 1.15. The van der Waals surface area contributed by atoms with E-state index in [2.05, 4.69) is 14.9 Å². The molecule has 0 aromatic carbocycles. The average Bonchev–Trinajstić information content (AvgIpc) is 2.57. The van der Waals surface area contributed by atoms with Crippen LogP contribution in [0.15, 0.2) is 6.20 Å². The van der Waals surface area contributed by atoms with Gasteiger partial charge in [-0.3, -0.25) is 4.79 Å². The summed E-state index contributed by atoms with van der Waals surface area (Å²) in [6, 6.07) is 0. The molecule has 0 radical (unpaired) electrons. The molecule has 1 aliphatic rings. The Morgan fingerprint density at radius 3 is 3.20 bits per heavy atom.